The minimum absolute atomic E-state index is 0.0830. The molecule has 0 aliphatic rings. The molecule has 3 nitrogen and oxygen atoms in total. The first-order valence-corrected chi connectivity index (χ1v) is 6.58. The number of amides is 1. The van der Waals surface area contributed by atoms with Crippen LogP contribution in [0.5, 0.6) is 0 Å². The highest BCUT2D eigenvalue weighted by Crippen LogP contribution is 2.26. The molecule has 0 radical (unpaired) electrons. The zero-order valence-corrected chi connectivity index (χ0v) is 11.3. The van der Waals surface area contributed by atoms with Crippen molar-refractivity contribution in [1.29, 1.82) is 0 Å². The number of aliphatic hydroxyl groups excluding tert-OH is 1. The normalized spacial score (nSPS) is 13.4. The second kappa shape index (κ2) is 7.10. The van der Waals surface area contributed by atoms with Crippen LogP contribution in [0.2, 0.25) is 0 Å². The number of benzene rings is 1. The van der Waals surface area contributed by atoms with Gasteiger partial charge in [0.15, 0.2) is 0 Å². The lowest BCUT2D eigenvalue weighted by molar-refractivity contribution is -0.120. The first-order valence-electron chi connectivity index (χ1n) is 5.70. The number of rotatable bonds is 5. The molecule has 1 aromatic carbocycles. The topological polar surface area (TPSA) is 49.3 Å². The zero-order valence-electron chi connectivity index (χ0n) is 10.5. The molecule has 0 aliphatic carbocycles. The van der Waals surface area contributed by atoms with Crippen LogP contribution in [0.25, 0.3) is 0 Å². The summed E-state index contributed by atoms with van der Waals surface area (Å²) in [7, 11) is 0. The molecule has 2 atom stereocenters. The van der Waals surface area contributed by atoms with E-state index in [1.54, 1.807) is 6.92 Å². The van der Waals surface area contributed by atoms with Crippen LogP contribution < -0.4 is 5.32 Å². The van der Waals surface area contributed by atoms with Gasteiger partial charge >= 0.3 is 0 Å². The van der Waals surface area contributed by atoms with Crippen LogP contribution in [-0.2, 0) is 4.79 Å². The number of thioether (sulfide) groups is 1. The number of aliphatic hydroxyl groups is 1. The van der Waals surface area contributed by atoms with E-state index in [0.717, 1.165) is 10.5 Å². The van der Waals surface area contributed by atoms with Crippen molar-refractivity contribution < 1.29 is 9.90 Å². The van der Waals surface area contributed by atoms with E-state index in [1.807, 2.05) is 31.2 Å². The lowest BCUT2D eigenvalue weighted by Gasteiger charge is -2.12. The molecule has 0 saturated heterocycles. The highest BCUT2D eigenvalue weighted by atomic mass is 32.2. The number of terminal acetylenes is 1. The van der Waals surface area contributed by atoms with Gasteiger partial charge in [0.05, 0.1) is 17.9 Å². The van der Waals surface area contributed by atoms with Crippen molar-refractivity contribution in [2.75, 3.05) is 6.54 Å². The highest BCUT2D eigenvalue weighted by molar-refractivity contribution is 8.00. The van der Waals surface area contributed by atoms with Gasteiger partial charge in [-0.25, -0.2) is 0 Å². The SMILES string of the molecule is C#CCNC(=O)C(C)Sc1cccc(C(C)O)c1. The number of carbonyl (C=O) groups excluding carboxylic acids is 1. The Morgan fingerprint density at radius 3 is 2.89 bits per heavy atom. The molecule has 1 rings (SSSR count). The van der Waals surface area contributed by atoms with Crippen molar-refractivity contribution in [3.8, 4) is 12.3 Å². The van der Waals surface area contributed by atoms with Gasteiger partial charge in [0, 0.05) is 4.90 Å². The number of carbonyl (C=O) groups is 1. The molecule has 0 heterocycles. The zero-order chi connectivity index (χ0) is 13.5. The van der Waals surface area contributed by atoms with Gasteiger partial charge < -0.3 is 10.4 Å². The molecule has 0 fully saturated rings. The quantitative estimate of drug-likeness (QED) is 0.631. The summed E-state index contributed by atoms with van der Waals surface area (Å²) in [4.78, 5) is 12.6. The van der Waals surface area contributed by atoms with Crippen LogP contribution in [0.4, 0.5) is 0 Å². The molecular weight excluding hydrogens is 246 g/mol. The Labute approximate surface area is 112 Å². The molecule has 18 heavy (non-hydrogen) atoms. The summed E-state index contributed by atoms with van der Waals surface area (Å²) in [6, 6.07) is 7.54. The maximum absolute atomic E-state index is 11.6. The van der Waals surface area contributed by atoms with Crippen molar-refractivity contribution in [3.05, 3.63) is 29.8 Å². The Kier molecular flexibility index (Phi) is 5.76. The molecule has 0 aromatic heterocycles. The molecule has 1 aromatic rings. The first-order chi connectivity index (χ1) is 8.54. The van der Waals surface area contributed by atoms with Crippen molar-refractivity contribution in [2.45, 2.75) is 30.1 Å². The molecule has 2 N–H and O–H groups in total. The van der Waals surface area contributed by atoms with Gasteiger partial charge in [-0.15, -0.1) is 18.2 Å². The van der Waals surface area contributed by atoms with Gasteiger partial charge in [0.1, 0.15) is 0 Å². The van der Waals surface area contributed by atoms with E-state index in [4.69, 9.17) is 6.42 Å². The highest BCUT2D eigenvalue weighted by Gasteiger charge is 2.14. The Morgan fingerprint density at radius 2 is 2.28 bits per heavy atom. The third-order valence-electron chi connectivity index (χ3n) is 2.39. The minimum atomic E-state index is -0.504. The second-order valence-corrected chi connectivity index (χ2v) is 5.34. The predicted molar refractivity (Wildman–Crippen MR) is 74.2 cm³/mol. The van der Waals surface area contributed by atoms with E-state index in [1.165, 1.54) is 11.8 Å². The van der Waals surface area contributed by atoms with E-state index >= 15 is 0 Å². The minimum Gasteiger partial charge on any atom is -0.389 e. The van der Waals surface area contributed by atoms with Gasteiger partial charge in [-0.05, 0) is 31.5 Å². The fraction of sp³-hybridized carbons (Fsp3) is 0.357. The standard InChI is InChI=1S/C14H17NO2S/c1-4-8-15-14(17)11(3)18-13-7-5-6-12(9-13)10(2)16/h1,5-7,9-11,16H,8H2,2-3H3,(H,15,17). The van der Waals surface area contributed by atoms with Gasteiger partial charge in [-0.2, -0.15) is 0 Å². The summed E-state index contributed by atoms with van der Waals surface area (Å²) < 4.78 is 0. The van der Waals surface area contributed by atoms with Gasteiger partial charge in [-0.3, -0.25) is 4.79 Å². The van der Waals surface area contributed by atoms with E-state index in [2.05, 4.69) is 11.2 Å². The van der Waals surface area contributed by atoms with E-state index in [-0.39, 0.29) is 17.7 Å². The number of hydrogen-bond donors (Lipinski definition) is 2. The number of nitrogens with one attached hydrogen (secondary N) is 1. The Morgan fingerprint density at radius 1 is 1.56 bits per heavy atom. The average Bonchev–Trinajstić information content (AvgIpc) is 2.36. The molecule has 1 amide bonds. The summed E-state index contributed by atoms with van der Waals surface area (Å²) >= 11 is 1.44. The van der Waals surface area contributed by atoms with Crippen LogP contribution in [0.1, 0.15) is 25.5 Å². The molecule has 2 unspecified atom stereocenters. The van der Waals surface area contributed by atoms with Crippen LogP contribution >= 0.6 is 11.8 Å². The number of hydrogen-bond acceptors (Lipinski definition) is 3. The largest absolute Gasteiger partial charge is 0.389 e. The van der Waals surface area contributed by atoms with Crippen molar-refractivity contribution in [1.82, 2.24) is 5.32 Å². The lowest BCUT2D eigenvalue weighted by atomic mass is 10.1. The third-order valence-corrected chi connectivity index (χ3v) is 3.48. The third kappa shape index (κ3) is 4.44. The van der Waals surface area contributed by atoms with Gasteiger partial charge in [0.25, 0.3) is 0 Å². The van der Waals surface area contributed by atoms with E-state index < -0.39 is 6.10 Å². The summed E-state index contributed by atoms with van der Waals surface area (Å²) in [5.41, 5.74) is 0.844. The molecule has 0 spiro atoms. The summed E-state index contributed by atoms with van der Waals surface area (Å²) in [6.45, 7) is 3.79. The summed E-state index contributed by atoms with van der Waals surface area (Å²) in [5, 5.41) is 11.9. The molecular formula is C14H17NO2S. The molecule has 0 bridgehead atoms. The monoisotopic (exact) mass is 263 g/mol. The van der Waals surface area contributed by atoms with Crippen molar-refractivity contribution >= 4 is 17.7 Å². The van der Waals surface area contributed by atoms with Crippen LogP contribution in [0, 0.1) is 12.3 Å². The average molecular weight is 263 g/mol. The fourth-order valence-corrected chi connectivity index (χ4v) is 2.35. The fourth-order valence-electron chi connectivity index (χ4n) is 1.39. The summed E-state index contributed by atoms with van der Waals surface area (Å²) in [6.07, 6.45) is 4.58. The molecule has 0 aliphatic heterocycles. The predicted octanol–water partition coefficient (Wildman–Crippen LogP) is 1.97. The molecule has 4 heteroatoms. The van der Waals surface area contributed by atoms with Crippen molar-refractivity contribution in [2.24, 2.45) is 0 Å². The van der Waals surface area contributed by atoms with Crippen molar-refractivity contribution in [3.63, 3.8) is 0 Å². The van der Waals surface area contributed by atoms with Crippen LogP contribution in [0.3, 0.4) is 0 Å². The van der Waals surface area contributed by atoms with E-state index in [9.17, 15) is 9.90 Å². The Balaban J connectivity index is 2.64. The Hall–Kier alpha value is -1.44. The maximum Gasteiger partial charge on any atom is 0.233 e. The first kappa shape index (κ1) is 14.6. The maximum atomic E-state index is 11.6. The summed E-state index contributed by atoms with van der Waals surface area (Å²) in [5.74, 6) is 2.28. The Bertz CT molecular complexity index is 451. The molecule has 96 valence electrons. The smallest absolute Gasteiger partial charge is 0.233 e. The van der Waals surface area contributed by atoms with E-state index in [0.29, 0.717) is 0 Å². The van der Waals surface area contributed by atoms with Crippen LogP contribution in [-0.4, -0.2) is 22.8 Å². The van der Waals surface area contributed by atoms with Crippen LogP contribution in [0.15, 0.2) is 29.2 Å². The second-order valence-electron chi connectivity index (χ2n) is 3.93. The molecule has 0 saturated carbocycles. The lowest BCUT2D eigenvalue weighted by Crippen LogP contribution is -2.31. The van der Waals surface area contributed by atoms with Gasteiger partial charge in [-0.1, -0.05) is 18.1 Å². The van der Waals surface area contributed by atoms with Gasteiger partial charge in [0.2, 0.25) is 5.91 Å².